The molecule has 172 valence electrons. The van der Waals surface area contributed by atoms with Gasteiger partial charge in [0, 0.05) is 48.9 Å². The number of rotatable bonds is 6. The van der Waals surface area contributed by atoms with Crippen molar-refractivity contribution >= 4 is 5.91 Å². The number of nitrogens with one attached hydrogen (secondary N) is 1. The van der Waals surface area contributed by atoms with Crippen LogP contribution in [0.4, 0.5) is 4.39 Å². The Bertz CT molecular complexity index is 1130. The summed E-state index contributed by atoms with van der Waals surface area (Å²) in [4.78, 5) is 15.1. The summed E-state index contributed by atoms with van der Waals surface area (Å²) in [5, 5.41) is 7.82. The molecular weight excluding hydrogens is 419 g/mol. The molecular formula is C26H29FN4O2. The molecule has 33 heavy (non-hydrogen) atoms. The van der Waals surface area contributed by atoms with Crippen LogP contribution in [0.25, 0.3) is 11.3 Å². The molecule has 6 nitrogen and oxygen atoms in total. The average molecular weight is 449 g/mol. The van der Waals surface area contributed by atoms with Crippen molar-refractivity contribution < 1.29 is 13.9 Å². The fourth-order valence-corrected chi connectivity index (χ4v) is 5.33. The number of nitrogens with zero attached hydrogens (tertiary/aromatic N) is 3. The number of methoxy groups -OCH3 is 1. The van der Waals surface area contributed by atoms with Crippen LogP contribution in [-0.4, -0.2) is 53.4 Å². The largest absolute Gasteiger partial charge is 0.497 e. The van der Waals surface area contributed by atoms with E-state index in [0.29, 0.717) is 30.0 Å². The number of halogens is 1. The Morgan fingerprint density at radius 1 is 1.18 bits per heavy atom. The van der Waals surface area contributed by atoms with E-state index in [-0.39, 0.29) is 11.7 Å². The summed E-state index contributed by atoms with van der Waals surface area (Å²) in [5.74, 6) is 1.43. The number of hydrogen-bond acceptors (Lipinski definition) is 4. The van der Waals surface area contributed by atoms with Crippen molar-refractivity contribution in [1.82, 2.24) is 20.0 Å². The second-order valence-corrected chi connectivity index (χ2v) is 9.06. The maximum absolute atomic E-state index is 13.3. The Balaban J connectivity index is 1.23. The van der Waals surface area contributed by atoms with Gasteiger partial charge in [0.1, 0.15) is 11.6 Å². The summed E-state index contributed by atoms with van der Waals surface area (Å²) in [5.41, 5.74) is 3.68. The molecule has 1 aromatic heterocycles. The first kappa shape index (κ1) is 21.6. The summed E-state index contributed by atoms with van der Waals surface area (Å²) < 4.78 is 20.4. The van der Waals surface area contributed by atoms with E-state index < -0.39 is 0 Å². The van der Waals surface area contributed by atoms with Gasteiger partial charge in [-0.05, 0) is 79.9 Å². The highest BCUT2D eigenvalue weighted by Crippen LogP contribution is 2.42. The van der Waals surface area contributed by atoms with Crippen LogP contribution in [0.5, 0.6) is 5.75 Å². The monoisotopic (exact) mass is 448 g/mol. The molecule has 0 spiro atoms. The summed E-state index contributed by atoms with van der Waals surface area (Å²) in [6, 6.07) is 16.2. The van der Waals surface area contributed by atoms with E-state index in [9.17, 15) is 9.18 Å². The first-order valence-electron chi connectivity index (χ1n) is 11.5. The molecule has 1 amide bonds. The van der Waals surface area contributed by atoms with Gasteiger partial charge < -0.3 is 10.1 Å². The highest BCUT2D eigenvalue weighted by Gasteiger charge is 2.41. The zero-order valence-corrected chi connectivity index (χ0v) is 19.0. The number of fused-ring (bicyclic) bond motifs is 3. The number of carbonyl (C=O) groups is 1. The third kappa shape index (κ3) is 4.37. The van der Waals surface area contributed by atoms with Crippen LogP contribution >= 0.6 is 0 Å². The molecule has 3 aliphatic heterocycles. The van der Waals surface area contributed by atoms with Gasteiger partial charge in [-0.1, -0.05) is 0 Å². The molecule has 1 N–H and O–H groups in total. The fraction of sp³-hybridized carbons (Fsp3) is 0.385. The first-order valence-corrected chi connectivity index (χ1v) is 11.5. The first-order chi connectivity index (χ1) is 16.0. The summed E-state index contributed by atoms with van der Waals surface area (Å²) in [6.45, 7) is 2.68. The number of piperidine rings is 3. The Labute approximate surface area is 193 Å². The second kappa shape index (κ2) is 8.98. The van der Waals surface area contributed by atoms with E-state index in [1.807, 2.05) is 11.7 Å². The molecule has 4 atom stereocenters. The maximum atomic E-state index is 13.3. The van der Waals surface area contributed by atoms with Gasteiger partial charge in [-0.2, -0.15) is 5.10 Å². The topological polar surface area (TPSA) is 59.4 Å². The number of hydrogen-bond donors (Lipinski definition) is 1. The highest BCUT2D eigenvalue weighted by atomic mass is 19.1. The van der Waals surface area contributed by atoms with Gasteiger partial charge in [0.25, 0.3) is 5.91 Å². The van der Waals surface area contributed by atoms with Crippen LogP contribution in [0.3, 0.4) is 0 Å². The summed E-state index contributed by atoms with van der Waals surface area (Å²) in [7, 11) is 3.61. The van der Waals surface area contributed by atoms with Gasteiger partial charge in [-0.15, -0.1) is 0 Å². The van der Waals surface area contributed by atoms with Crippen LogP contribution < -0.4 is 10.1 Å². The van der Waals surface area contributed by atoms with Crippen molar-refractivity contribution in [3.05, 3.63) is 71.7 Å². The van der Waals surface area contributed by atoms with Crippen LogP contribution in [0.1, 0.15) is 34.8 Å². The Kier molecular flexibility index (Phi) is 5.89. The lowest BCUT2D eigenvalue weighted by Gasteiger charge is -2.50. The van der Waals surface area contributed by atoms with E-state index >= 15 is 0 Å². The van der Waals surface area contributed by atoms with Crippen LogP contribution in [0.2, 0.25) is 0 Å². The quantitative estimate of drug-likeness (QED) is 0.623. The van der Waals surface area contributed by atoms with Crippen LogP contribution in [0.15, 0.2) is 54.6 Å². The number of benzene rings is 2. The zero-order valence-electron chi connectivity index (χ0n) is 19.0. The minimum atomic E-state index is -0.239. The highest BCUT2D eigenvalue weighted by molar-refractivity contribution is 5.94. The van der Waals surface area contributed by atoms with Crippen LogP contribution in [-0.2, 0) is 7.05 Å². The van der Waals surface area contributed by atoms with Crippen molar-refractivity contribution in [2.24, 2.45) is 13.0 Å². The van der Waals surface area contributed by atoms with Crippen molar-refractivity contribution in [3.8, 4) is 17.0 Å². The van der Waals surface area contributed by atoms with Gasteiger partial charge in [0.05, 0.1) is 12.8 Å². The number of aromatic nitrogens is 2. The number of aryl methyl sites for hydroxylation is 1. The number of carbonyl (C=O) groups excluding carboxylic acids is 1. The molecule has 3 saturated heterocycles. The molecule has 2 bridgehead atoms. The Hall–Kier alpha value is -3.19. The lowest BCUT2D eigenvalue weighted by molar-refractivity contribution is 0.0280. The van der Waals surface area contributed by atoms with E-state index in [4.69, 9.17) is 9.84 Å². The average Bonchev–Trinajstić information content (AvgIpc) is 3.24. The Morgan fingerprint density at radius 2 is 1.94 bits per heavy atom. The van der Waals surface area contributed by atoms with Crippen molar-refractivity contribution in [2.75, 3.05) is 26.7 Å². The molecule has 0 radical (unpaired) electrons. The number of ether oxygens (including phenoxy) is 1. The molecule has 4 heterocycles. The minimum absolute atomic E-state index is 0.0487. The lowest BCUT2D eigenvalue weighted by Crippen LogP contribution is -2.56. The van der Waals surface area contributed by atoms with Crippen LogP contribution in [0, 0.1) is 11.7 Å². The maximum Gasteiger partial charge on any atom is 0.251 e. The minimum Gasteiger partial charge on any atom is -0.497 e. The van der Waals surface area contributed by atoms with E-state index in [1.165, 1.54) is 17.8 Å². The second-order valence-electron chi connectivity index (χ2n) is 9.06. The SMILES string of the molecule is COc1ccc(C(=O)NC[C@H]2C[C@@H]3CCN2C[C@H]3c2cc(-c3ccc(F)cc3)nn2C)cc1. The fourth-order valence-electron chi connectivity index (χ4n) is 5.33. The molecule has 3 fully saturated rings. The van der Waals surface area contributed by atoms with Gasteiger partial charge in [0.2, 0.25) is 0 Å². The predicted molar refractivity (Wildman–Crippen MR) is 125 cm³/mol. The predicted octanol–water partition coefficient (Wildman–Crippen LogP) is 3.84. The summed E-state index contributed by atoms with van der Waals surface area (Å²) >= 11 is 0. The van der Waals surface area contributed by atoms with E-state index in [0.717, 1.165) is 42.9 Å². The standard InChI is InChI=1S/C26H29FN4O2/c1-30-25(14-24(29-30)17-3-7-20(27)8-4-17)23-16-31-12-11-19(23)13-21(31)15-28-26(32)18-5-9-22(33-2)10-6-18/h3-10,14,19,21,23H,11-13,15-16H2,1-2H3,(H,28,32)/t19-,21+,23+/m0/s1. The van der Waals surface area contributed by atoms with E-state index in [1.54, 1.807) is 43.5 Å². The molecule has 1 unspecified atom stereocenters. The molecule has 0 saturated carbocycles. The van der Waals surface area contributed by atoms with E-state index in [2.05, 4.69) is 16.3 Å². The number of amides is 1. The third-order valence-electron chi connectivity index (χ3n) is 7.16. The molecule has 6 rings (SSSR count). The lowest BCUT2D eigenvalue weighted by atomic mass is 9.74. The van der Waals surface area contributed by atoms with Crippen molar-refractivity contribution in [3.63, 3.8) is 0 Å². The van der Waals surface area contributed by atoms with Gasteiger partial charge in [0.15, 0.2) is 0 Å². The normalized spacial score (nSPS) is 24.0. The van der Waals surface area contributed by atoms with Gasteiger partial charge in [-0.25, -0.2) is 4.39 Å². The van der Waals surface area contributed by atoms with Gasteiger partial charge >= 0.3 is 0 Å². The molecule has 7 heteroatoms. The van der Waals surface area contributed by atoms with Crippen molar-refractivity contribution in [1.29, 1.82) is 0 Å². The smallest absolute Gasteiger partial charge is 0.251 e. The molecule has 0 aliphatic carbocycles. The van der Waals surface area contributed by atoms with Crippen molar-refractivity contribution in [2.45, 2.75) is 24.8 Å². The molecule has 3 aliphatic rings. The Morgan fingerprint density at radius 3 is 2.61 bits per heavy atom. The molecule has 3 aromatic rings. The summed E-state index contributed by atoms with van der Waals surface area (Å²) in [6.07, 6.45) is 2.22. The third-order valence-corrected chi connectivity index (χ3v) is 7.16. The van der Waals surface area contributed by atoms with Gasteiger partial charge in [-0.3, -0.25) is 14.4 Å². The molecule has 2 aromatic carbocycles. The zero-order chi connectivity index (χ0) is 22.9.